The van der Waals surface area contributed by atoms with E-state index >= 15 is 8.78 Å². The van der Waals surface area contributed by atoms with Crippen molar-refractivity contribution in [3.05, 3.63) is 87.7 Å². The molecule has 3 amide bonds. The number of methoxy groups -OCH3 is 1. The standard InChI is InChI=1S/C51H60BrF2N10O5P/c1-6-30-24-42(58-51-55-28-37(52)48(60-51)57-41-12-11-40-35(47(41)70(4,5)68)9-8-32(7-2)56-40)44(69-3)27-43(30)62-18-15-33(16-19-62)61-20-22-63(23-21-61)50(67)31-14-17-64(29-31)34-25-38(53)46(39(54)26-34)36-10-13-45(65)59-49(36)66/h8-9,11-12,24-28,31,33,36H,6-7,10,13-23,29H2,1-5H3,(H,59,65,66)(H2,55,57,58,60)/t31-,36+/m1/s1. The Morgan fingerprint density at radius 2 is 1.60 bits per heavy atom. The number of imide groups is 1. The molecule has 5 aromatic rings. The molecule has 4 aliphatic rings. The van der Waals surface area contributed by atoms with Crippen LogP contribution in [0.1, 0.15) is 68.7 Å². The van der Waals surface area contributed by atoms with Gasteiger partial charge in [0.2, 0.25) is 23.7 Å². The maximum absolute atomic E-state index is 15.3. The van der Waals surface area contributed by atoms with Gasteiger partial charge in [-0.15, -0.1) is 0 Å². The van der Waals surface area contributed by atoms with Crippen LogP contribution < -0.4 is 35.8 Å². The number of carbonyl (C=O) groups is 3. The van der Waals surface area contributed by atoms with E-state index in [2.05, 4.69) is 72.6 Å². The number of hydrogen-bond donors (Lipinski definition) is 3. The van der Waals surface area contributed by atoms with E-state index in [9.17, 15) is 18.9 Å². The SMILES string of the molecule is CCc1ccc2c(P(C)(C)=O)c(Nc3nc(Nc4cc(CC)c(N5CCC(N6CCN(C(=O)[C@@H]7CCN(c8cc(F)c([C@@H]9CCC(=O)NC9=O)c(F)c8)C7)CC6)CC5)cc4OC)ncc3Br)ccc2n1. The van der Waals surface area contributed by atoms with Gasteiger partial charge >= 0.3 is 0 Å². The first-order valence-corrected chi connectivity index (χ1v) is 27.6. The molecule has 2 atom stereocenters. The van der Waals surface area contributed by atoms with Crippen molar-refractivity contribution in [1.29, 1.82) is 0 Å². The number of nitrogens with one attached hydrogen (secondary N) is 3. The van der Waals surface area contributed by atoms with Gasteiger partial charge in [-0.2, -0.15) is 4.98 Å². The molecular weight excluding hydrogens is 981 g/mol. The normalized spacial score (nSPS) is 19.5. The molecule has 15 nitrogen and oxygen atoms in total. The van der Waals surface area contributed by atoms with E-state index in [1.165, 1.54) is 12.1 Å². The summed E-state index contributed by atoms with van der Waals surface area (Å²) in [5.74, 6) is -2.50. The van der Waals surface area contributed by atoms with E-state index in [0.29, 0.717) is 72.0 Å². The molecule has 0 bridgehead atoms. The molecule has 4 fully saturated rings. The highest BCUT2D eigenvalue weighted by Gasteiger charge is 2.37. The zero-order chi connectivity index (χ0) is 49.4. The van der Waals surface area contributed by atoms with Crippen LogP contribution >= 0.6 is 23.1 Å². The lowest BCUT2D eigenvalue weighted by Gasteiger charge is -2.44. The molecule has 4 aliphatic heterocycles. The molecular formula is C51H60BrF2N10O5P. The molecule has 3 N–H and O–H groups in total. The number of hydrogen-bond acceptors (Lipinski definition) is 13. The molecule has 6 heterocycles. The number of halogens is 3. The van der Waals surface area contributed by atoms with E-state index < -0.39 is 36.5 Å². The van der Waals surface area contributed by atoms with Crippen molar-refractivity contribution in [3.8, 4) is 5.75 Å². The van der Waals surface area contributed by atoms with Gasteiger partial charge in [0.1, 0.15) is 30.3 Å². The maximum atomic E-state index is 15.3. The van der Waals surface area contributed by atoms with Crippen LogP contribution in [0.2, 0.25) is 0 Å². The fourth-order valence-electron chi connectivity index (χ4n) is 10.6. The van der Waals surface area contributed by atoms with Crippen molar-refractivity contribution in [2.75, 3.05) is 93.2 Å². The summed E-state index contributed by atoms with van der Waals surface area (Å²) in [5, 5.41) is 10.6. The van der Waals surface area contributed by atoms with E-state index in [1.807, 2.05) is 34.1 Å². The molecule has 2 aromatic heterocycles. The van der Waals surface area contributed by atoms with Crippen LogP contribution in [0.25, 0.3) is 10.9 Å². The van der Waals surface area contributed by atoms with Gasteiger partial charge in [-0.3, -0.25) is 29.6 Å². The van der Waals surface area contributed by atoms with Gasteiger partial charge in [-0.1, -0.05) is 19.9 Å². The van der Waals surface area contributed by atoms with Crippen LogP contribution in [0, 0.1) is 17.6 Å². The average molecular weight is 1040 g/mol. The first kappa shape index (κ1) is 49.3. The summed E-state index contributed by atoms with van der Waals surface area (Å²) in [4.78, 5) is 60.6. The fraction of sp³-hybridized carbons (Fsp3) is 0.451. The number of aromatic nitrogens is 3. The van der Waals surface area contributed by atoms with Crippen molar-refractivity contribution in [3.63, 3.8) is 0 Å². The second-order valence-electron chi connectivity index (χ2n) is 19.0. The number of rotatable bonds is 13. The summed E-state index contributed by atoms with van der Waals surface area (Å²) in [6.45, 7) is 13.2. The van der Waals surface area contributed by atoms with Gasteiger partial charge < -0.3 is 34.6 Å². The zero-order valence-electron chi connectivity index (χ0n) is 40.3. The molecule has 9 rings (SSSR count). The number of aryl methyl sites for hydroxylation is 2. The first-order chi connectivity index (χ1) is 33.6. The quantitative estimate of drug-likeness (QED) is 0.0767. The highest BCUT2D eigenvalue weighted by Crippen LogP contribution is 2.43. The van der Waals surface area contributed by atoms with Crippen molar-refractivity contribution in [2.24, 2.45) is 5.92 Å². The number of piperazine rings is 1. The first-order valence-electron chi connectivity index (χ1n) is 24.2. The number of amides is 3. The average Bonchev–Trinajstić information content (AvgIpc) is 3.85. The summed E-state index contributed by atoms with van der Waals surface area (Å²) in [7, 11) is -1.10. The van der Waals surface area contributed by atoms with Crippen LogP contribution in [0.5, 0.6) is 5.75 Å². The Balaban J connectivity index is 0.797. The highest BCUT2D eigenvalue weighted by atomic mass is 79.9. The zero-order valence-corrected chi connectivity index (χ0v) is 42.8. The lowest BCUT2D eigenvalue weighted by molar-refractivity contribution is -0.137. The molecule has 3 aromatic carbocycles. The van der Waals surface area contributed by atoms with E-state index in [0.717, 1.165) is 90.7 Å². The molecule has 0 radical (unpaired) electrons. The lowest BCUT2D eigenvalue weighted by Crippen LogP contribution is -2.55. The Bertz CT molecular complexity index is 2860. The van der Waals surface area contributed by atoms with Crippen LogP contribution in [0.4, 0.5) is 43.3 Å². The summed E-state index contributed by atoms with van der Waals surface area (Å²) in [5.41, 5.74) is 5.53. The van der Waals surface area contributed by atoms with Gasteiger partial charge in [-0.05, 0) is 110 Å². The van der Waals surface area contributed by atoms with Crippen molar-refractivity contribution in [1.82, 2.24) is 30.1 Å². The fourth-order valence-corrected chi connectivity index (χ4v) is 12.4. The van der Waals surface area contributed by atoms with Crippen molar-refractivity contribution in [2.45, 2.75) is 70.8 Å². The monoisotopic (exact) mass is 1040 g/mol. The van der Waals surface area contributed by atoms with E-state index in [-0.39, 0.29) is 30.2 Å². The largest absolute Gasteiger partial charge is 0.494 e. The number of ether oxygens (including phenoxy) is 1. The van der Waals surface area contributed by atoms with Crippen LogP contribution in [0.3, 0.4) is 0 Å². The number of benzene rings is 3. The number of pyridine rings is 1. The minimum Gasteiger partial charge on any atom is -0.494 e. The van der Waals surface area contributed by atoms with Crippen LogP contribution in [-0.4, -0.2) is 121 Å². The Morgan fingerprint density at radius 3 is 2.27 bits per heavy atom. The number of piperidine rings is 2. The van der Waals surface area contributed by atoms with Gasteiger partial charge in [0.15, 0.2) is 0 Å². The molecule has 0 saturated carbocycles. The highest BCUT2D eigenvalue weighted by molar-refractivity contribution is 9.10. The Kier molecular flexibility index (Phi) is 14.5. The number of fused-ring (bicyclic) bond motifs is 1. The Morgan fingerprint density at radius 1 is 0.871 bits per heavy atom. The van der Waals surface area contributed by atoms with Crippen LogP contribution in [-0.2, 0) is 31.8 Å². The second-order valence-corrected chi connectivity index (χ2v) is 23.1. The molecule has 370 valence electrons. The molecule has 70 heavy (non-hydrogen) atoms. The predicted octanol–water partition coefficient (Wildman–Crippen LogP) is 8.09. The lowest BCUT2D eigenvalue weighted by atomic mass is 9.89. The van der Waals surface area contributed by atoms with Gasteiger partial charge in [0, 0.05) is 110 Å². The Labute approximate surface area is 415 Å². The minimum absolute atomic E-state index is 0.0262. The topological polar surface area (TPSA) is 165 Å². The van der Waals surface area contributed by atoms with Crippen LogP contribution in [0.15, 0.2) is 59.2 Å². The second kappa shape index (κ2) is 20.6. The van der Waals surface area contributed by atoms with E-state index in [4.69, 9.17) is 14.7 Å². The Hall–Kier alpha value is -5.71. The third kappa shape index (κ3) is 10.2. The number of anilines is 6. The van der Waals surface area contributed by atoms with Gasteiger partial charge in [-0.25, -0.2) is 13.8 Å². The van der Waals surface area contributed by atoms with Crippen molar-refractivity contribution >= 4 is 91.5 Å². The molecule has 4 saturated heterocycles. The summed E-state index contributed by atoms with van der Waals surface area (Å²) < 4.78 is 51.0. The maximum Gasteiger partial charge on any atom is 0.234 e. The minimum atomic E-state index is -2.76. The molecule has 19 heteroatoms. The number of carbonyl (C=O) groups excluding carboxylic acids is 3. The van der Waals surface area contributed by atoms with Gasteiger partial charge in [0.05, 0.1) is 40.3 Å². The smallest absolute Gasteiger partial charge is 0.234 e. The van der Waals surface area contributed by atoms with E-state index in [1.54, 1.807) is 26.6 Å². The number of nitrogens with zero attached hydrogens (tertiary/aromatic N) is 7. The summed E-state index contributed by atoms with van der Waals surface area (Å²) in [6, 6.07) is 14.9. The predicted molar refractivity (Wildman–Crippen MR) is 274 cm³/mol. The molecule has 0 unspecified atom stereocenters. The molecule has 0 spiro atoms. The third-order valence-electron chi connectivity index (χ3n) is 14.3. The molecule has 0 aliphatic carbocycles. The van der Waals surface area contributed by atoms with Gasteiger partial charge in [0.25, 0.3) is 0 Å². The summed E-state index contributed by atoms with van der Waals surface area (Å²) in [6.07, 6.45) is 5.92. The van der Waals surface area contributed by atoms with Crippen molar-refractivity contribution < 1.29 is 32.5 Å². The third-order valence-corrected chi connectivity index (χ3v) is 16.5. The summed E-state index contributed by atoms with van der Waals surface area (Å²) >= 11 is 3.62.